The second kappa shape index (κ2) is 3.21. The summed E-state index contributed by atoms with van der Waals surface area (Å²) in [6, 6.07) is 15.2. The summed E-state index contributed by atoms with van der Waals surface area (Å²) in [7, 11) is 0. The molecule has 0 radical (unpaired) electrons. The Kier molecular flexibility index (Phi) is 1.99. The fraction of sp³-hybridized carbons (Fsp3) is 0. The molecule has 1 heterocycles. The Morgan fingerprint density at radius 1 is 0.857 bits per heavy atom. The molecule has 0 aliphatic carbocycles. The van der Waals surface area contributed by atoms with Crippen molar-refractivity contribution < 1.29 is 0 Å². The summed E-state index contributed by atoms with van der Waals surface area (Å²) in [6.07, 6.45) is 0. The lowest BCUT2D eigenvalue weighted by Crippen LogP contribution is -1.68. The molecular weight excluding hydrogens is 303 g/mol. The topological polar surface area (TPSA) is 0 Å². The molecule has 2 heteroatoms. The van der Waals surface area contributed by atoms with Gasteiger partial charge in [0.25, 0.3) is 0 Å². The molecule has 3 aromatic rings. The van der Waals surface area contributed by atoms with Crippen molar-refractivity contribution in [2.45, 2.75) is 0 Å². The van der Waals surface area contributed by atoms with Crippen molar-refractivity contribution in [3.8, 4) is 0 Å². The van der Waals surface area contributed by atoms with Gasteiger partial charge in [-0.2, -0.15) is 0 Å². The number of hydrogen-bond donors (Lipinski definition) is 0. The standard InChI is InChI=1S/C12H7IS/c13-8-5-6-12-10(7-8)9-3-1-2-4-11(9)14-12/h1-7H. The molecular formula is C12H7IS. The van der Waals surface area contributed by atoms with Crippen LogP contribution in [0, 0.1) is 3.57 Å². The minimum atomic E-state index is 1.30. The largest absolute Gasteiger partial charge is 0.135 e. The molecule has 3 rings (SSSR count). The third-order valence-corrected chi connectivity index (χ3v) is 4.16. The first-order valence-electron chi connectivity index (χ1n) is 4.41. The van der Waals surface area contributed by atoms with Gasteiger partial charge < -0.3 is 0 Å². The highest BCUT2D eigenvalue weighted by Crippen LogP contribution is 2.34. The number of fused-ring (bicyclic) bond motifs is 3. The maximum Gasteiger partial charge on any atom is 0.0356 e. The summed E-state index contributed by atoms with van der Waals surface area (Å²) in [5.74, 6) is 0. The number of hydrogen-bond acceptors (Lipinski definition) is 1. The molecule has 0 aliphatic heterocycles. The van der Waals surface area contributed by atoms with E-state index in [0.29, 0.717) is 0 Å². The first-order valence-corrected chi connectivity index (χ1v) is 6.31. The summed E-state index contributed by atoms with van der Waals surface area (Å²) in [6.45, 7) is 0. The molecule has 0 N–H and O–H groups in total. The van der Waals surface area contributed by atoms with E-state index >= 15 is 0 Å². The smallest absolute Gasteiger partial charge is 0.0356 e. The van der Waals surface area contributed by atoms with Crippen molar-refractivity contribution in [3.05, 3.63) is 46.0 Å². The molecule has 0 saturated heterocycles. The molecule has 2 aromatic carbocycles. The summed E-state index contributed by atoms with van der Waals surface area (Å²) in [4.78, 5) is 0. The monoisotopic (exact) mass is 310 g/mol. The van der Waals surface area contributed by atoms with Crippen molar-refractivity contribution in [2.75, 3.05) is 0 Å². The van der Waals surface area contributed by atoms with Crippen LogP contribution in [0.2, 0.25) is 0 Å². The van der Waals surface area contributed by atoms with Gasteiger partial charge in [0.05, 0.1) is 0 Å². The van der Waals surface area contributed by atoms with Gasteiger partial charge in [-0.05, 0) is 46.9 Å². The molecule has 68 valence electrons. The van der Waals surface area contributed by atoms with Crippen LogP contribution in [0.4, 0.5) is 0 Å². The molecule has 1 aromatic heterocycles. The van der Waals surface area contributed by atoms with Crippen molar-refractivity contribution in [1.82, 2.24) is 0 Å². The molecule has 0 atom stereocenters. The van der Waals surface area contributed by atoms with Crippen molar-refractivity contribution in [1.29, 1.82) is 0 Å². The number of benzene rings is 2. The fourth-order valence-corrected chi connectivity index (χ4v) is 3.28. The van der Waals surface area contributed by atoms with Crippen molar-refractivity contribution in [3.63, 3.8) is 0 Å². The van der Waals surface area contributed by atoms with Crippen LogP contribution in [0.3, 0.4) is 0 Å². The van der Waals surface area contributed by atoms with Gasteiger partial charge in [0.15, 0.2) is 0 Å². The minimum Gasteiger partial charge on any atom is -0.135 e. The third-order valence-electron chi connectivity index (χ3n) is 2.34. The Morgan fingerprint density at radius 2 is 1.64 bits per heavy atom. The molecule has 0 amide bonds. The lowest BCUT2D eigenvalue weighted by Gasteiger charge is -1.91. The van der Waals surface area contributed by atoms with Crippen LogP contribution >= 0.6 is 33.9 Å². The summed E-state index contributed by atoms with van der Waals surface area (Å²) >= 11 is 4.23. The predicted molar refractivity (Wildman–Crippen MR) is 72.0 cm³/mol. The normalized spacial score (nSPS) is 11.2. The second-order valence-electron chi connectivity index (χ2n) is 3.24. The maximum absolute atomic E-state index is 2.36. The van der Waals surface area contributed by atoms with Gasteiger partial charge in [-0.3, -0.25) is 0 Å². The highest BCUT2D eigenvalue weighted by molar-refractivity contribution is 14.1. The van der Waals surface area contributed by atoms with E-state index in [1.54, 1.807) is 0 Å². The first kappa shape index (κ1) is 8.68. The van der Waals surface area contributed by atoms with E-state index < -0.39 is 0 Å². The van der Waals surface area contributed by atoms with E-state index in [2.05, 4.69) is 65.1 Å². The van der Waals surface area contributed by atoms with E-state index in [1.807, 2.05) is 11.3 Å². The van der Waals surface area contributed by atoms with Gasteiger partial charge in [0.1, 0.15) is 0 Å². The molecule has 0 fully saturated rings. The highest BCUT2D eigenvalue weighted by Gasteiger charge is 2.03. The van der Waals surface area contributed by atoms with Gasteiger partial charge in [0.2, 0.25) is 0 Å². The fourth-order valence-electron chi connectivity index (χ4n) is 1.70. The Balaban J connectivity index is 2.58. The van der Waals surface area contributed by atoms with Gasteiger partial charge in [-0.1, -0.05) is 18.2 Å². The van der Waals surface area contributed by atoms with Crippen LogP contribution in [0.15, 0.2) is 42.5 Å². The van der Waals surface area contributed by atoms with Gasteiger partial charge in [0, 0.05) is 23.7 Å². The molecule has 0 aliphatic rings. The van der Waals surface area contributed by atoms with Crippen LogP contribution in [0.25, 0.3) is 20.2 Å². The summed E-state index contributed by atoms with van der Waals surface area (Å²) in [5, 5.41) is 2.77. The molecule has 0 spiro atoms. The highest BCUT2D eigenvalue weighted by atomic mass is 127. The summed E-state index contributed by atoms with van der Waals surface area (Å²) < 4.78 is 4.06. The average Bonchev–Trinajstić information content (AvgIpc) is 2.56. The molecule has 0 bridgehead atoms. The van der Waals surface area contributed by atoms with E-state index in [9.17, 15) is 0 Å². The van der Waals surface area contributed by atoms with Crippen molar-refractivity contribution >= 4 is 54.1 Å². The lowest BCUT2D eigenvalue weighted by atomic mass is 10.2. The van der Waals surface area contributed by atoms with E-state index in [1.165, 1.54) is 23.7 Å². The van der Waals surface area contributed by atoms with Gasteiger partial charge in [-0.15, -0.1) is 11.3 Å². The zero-order valence-corrected chi connectivity index (χ0v) is 10.3. The van der Waals surface area contributed by atoms with Gasteiger partial charge in [-0.25, -0.2) is 0 Å². The Hall–Kier alpha value is -0.610. The zero-order valence-electron chi connectivity index (χ0n) is 7.33. The van der Waals surface area contributed by atoms with Crippen LogP contribution in [0.5, 0.6) is 0 Å². The Morgan fingerprint density at radius 3 is 2.57 bits per heavy atom. The van der Waals surface area contributed by atoms with E-state index in [-0.39, 0.29) is 0 Å². The first-order chi connectivity index (χ1) is 6.84. The summed E-state index contributed by atoms with van der Waals surface area (Å²) in [5.41, 5.74) is 0. The molecule has 14 heavy (non-hydrogen) atoms. The zero-order chi connectivity index (χ0) is 9.54. The SMILES string of the molecule is Ic1ccc2sc3ccccc3c2c1. The second-order valence-corrected chi connectivity index (χ2v) is 5.57. The number of halogens is 1. The van der Waals surface area contributed by atoms with Gasteiger partial charge >= 0.3 is 0 Å². The maximum atomic E-state index is 2.36. The Bertz CT molecular complexity index is 610. The van der Waals surface area contributed by atoms with Crippen LogP contribution < -0.4 is 0 Å². The van der Waals surface area contributed by atoms with E-state index in [0.717, 1.165) is 0 Å². The minimum absolute atomic E-state index is 1.30. The lowest BCUT2D eigenvalue weighted by molar-refractivity contribution is 1.76. The van der Waals surface area contributed by atoms with Crippen LogP contribution in [-0.4, -0.2) is 0 Å². The Labute approximate surface area is 99.7 Å². The quantitative estimate of drug-likeness (QED) is 0.530. The molecule has 0 saturated carbocycles. The average molecular weight is 310 g/mol. The molecule has 0 nitrogen and oxygen atoms in total. The third kappa shape index (κ3) is 1.25. The number of thiophene rings is 1. The molecule has 0 unspecified atom stereocenters. The van der Waals surface area contributed by atoms with Crippen LogP contribution in [-0.2, 0) is 0 Å². The predicted octanol–water partition coefficient (Wildman–Crippen LogP) is 4.66. The van der Waals surface area contributed by atoms with E-state index in [4.69, 9.17) is 0 Å². The van der Waals surface area contributed by atoms with Crippen molar-refractivity contribution in [2.24, 2.45) is 0 Å². The number of rotatable bonds is 0. The van der Waals surface area contributed by atoms with Crippen LogP contribution in [0.1, 0.15) is 0 Å².